The summed E-state index contributed by atoms with van der Waals surface area (Å²) in [7, 11) is 0. The van der Waals surface area contributed by atoms with Crippen LogP contribution in [0.15, 0.2) is 84.9 Å². The van der Waals surface area contributed by atoms with E-state index in [2.05, 4.69) is 20.3 Å². The Morgan fingerprint density at radius 1 is 0.889 bits per heavy atom. The topological polar surface area (TPSA) is 89.5 Å². The molecule has 1 aliphatic rings. The summed E-state index contributed by atoms with van der Waals surface area (Å²) in [5.41, 5.74) is 1.99. The Morgan fingerprint density at radius 2 is 1.53 bits per heavy atom. The zero-order valence-electron chi connectivity index (χ0n) is 20.3. The van der Waals surface area contributed by atoms with E-state index < -0.39 is 6.09 Å². The van der Waals surface area contributed by atoms with Crippen LogP contribution < -0.4 is 15.0 Å². The van der Waals surface area contributed by atoms with Crippen molar-refractivity contribution in [1.82, 2.24) is 15.0 Å². The Hall–Kier alpha value is -4.46. The van der Waals surface area contributed by atoms with E-state index in [-0.39, 0.29) is 24.1 Å². The third-order valence-corrected chi connectivity index (χ3v) is 6.00. The molecule has 0 bridgehead atoms. The van der Waals surface area contributed by atoms with Crippen molar-refractivity contribution in [2.45, 2.75) is 39.0 Å². The standard InChI is InChI=1S/C28H27N5O3/c1-18(21-14-16-24(17-15-21)36-23-12-8-5-9-13-23)29-26-30-20(3)31-27(32-26)33-25(19(2)35-28(33)34)22-10-6-4-7-11-22/h4-19,25H,1-3H3,(H,29,30,31,32)/t18-,19-,25+/m0/s1. The SMILES string of the molecule is Cc1nc(N[C@@H](C)c2ccc(Oc3ccccc3)cc2)nc(N2C(=O)O[C@@H](C)[C@@H]2c2ccccc2)n1. The Morgan fingerprint density at radius 3 is 2.22 bits per heavy atom. The van der Waals surface area contributed by atoms with Crippen molar-refractivity contribution in [2.24, 2.45) is 0 Å². The summed E-state index contributed by atoms with van der Waals surface area (Å²) in [6, 6.07) is 26.8. The van der Waals surface area contributed by atoms with E-state index in [4.69, 9.17) is 9.47 Å². The number of nitrogens with zero attached hydrogens (tertiary/aromatic N) is 4. The molecular formula is C28H27N5O3. The number of nitrogens with one attached hydrogen (secondary N) is 1. The summed E-state index contributed by atoms with van der Waals surface area (Å²) in [6.45, 7) is 5.67. The van der Waals surface area contributed by atoms with Gasteiger partial charge in [0.2, 0.25) is 11.9 Å². The van der Waals surface area contributed by atoms with Gasteiger partial charge in [-0.15, -0.1) is 0 Å². The number of benzene rings is 3. The minimum Gasteiger partial charge on any atom is -0.457 e. The number of carbonyl (C=O) groups excluding carboxylic acids is 1. The fraction of sp³-hybridized carbons (Fsp3) is 0.214. The molecule has 1 N–H and O–H groups in total. The van der Waals surface area contributed by atoms with Crippen molar-refractivity contribution in [3.05, 3.63) is 102 Å². The van der Waals surface area contributed by atoms with Crippen LogP contribution in [0.2, 0.25) is 0 Å². The first-order valence-corrected chi connectivity index (χ1v) is 11.8. The number of rotatable bonds is 7. The molecule has 1 saturated heterocycles. The van der Waals surface area contributed by atoms with Crippen LogP contribution >= 0.6 is 0 Å². The molecule has 0 aliphatic carbocycles. The maximum absolute atomic E-state index is 12.8. The molecule has 0 radical (unpaired) electrons. The van der Waals surface area contributed by atoms with Gasteiger partial charge in [-0.3, -0.25) is 0 Å². The van der Waals surface area contributed by atoms with Crippen LogP contribution in [0.1, 0.15) is 42.9 Å². The maximum Gasteiger partial charge on any atom is 0.417 e. The molecule has 182 valence electrons. The summed E-state index contributed by atoms with van der Waals surface area (Å²) in [6.07, 6.45) is -0.820. The molecular weight excluding hydrogens is 454 g/mol. The number of carbonyl (C=O) groups is 1. The average molecular weight is 482 g/mol. The minimum absolute atomic E-state index is 0.0974. The van der Waals surface area contributed by atoms with Crippen molar-refractivity contribution in [1.29, 1.82) is 0 Å². The maximum atomic E-state index is 12.8. The largest absolute Gasteiger partial charge is 0.457 e. The predicted molar refractivity (Wildman–Crippen MR) is 137 cm³/mol. The zero-order chi connectivity index (χ0) is 25.1. The van der Waals surface area contributed by atoms with E-state index in [1.165, 1.54) is 4.90 Å². The minimum atomic E-state index is -0.477. The van der Waals surface area contributed by atoms with Gasteiger partial charge in [-0.25, -0.2) is 9.69 Å². The molecule has 0 unspecified atom stereocenters. The molecule has 1 aliphatic heterocycles. The fourth-order valence-corrected chi connectivity index (χ4v) is 4.25. The number of anilines is 2. The van der Waals surface area contributed by atoms with Crippen molar-refractivity contribution in [3.63, 3.8) is 0 Å². The van der Waals surface area contributed by atoms with Crippen LogP contribution in [0.5, 0.6) is 11.5 Å². The quantitative estimate of drug-likeness (QED) is 0.335. The second-order valence-electron chi connectivity index (χ2n) is 8.67. The number of aryl methyl sites for hydroxylation is 1. The molecule has 0 spiro atoms. The first-order chi connectivity index (χ1) is 17.5. The summed E-state index contributed by atoms with van der Waals surface area (Å²) in [5, 5.41) is 3.33. The van der Waals surface area contributed by atoms with E-state index >= 15 is 0 Å². The number of aromatic nitrogens is 3. The van der Waals surface area contributed by atoms with Gasteiger partial charge >= 0.3 is 6.09 Å². The Kier molecular flexibility index (Phi) is 6.49. The van der Waals surface area contributed by atoms with Crippen LogP contribution in [-0.4, -0.2) is 27.1 Å². The molecule has 0 saturated carbocycles. The lowest BCUT2D eigenvalue weighted by molar-refractivity contribution is 0.141. The lowest BCUT2D eigenvalue weighted by atomic mass is 10.0. The van der Waals surface area contributed by atoms with Crippen molar-refractivity contribution in [3.8, 4) is 11.5 Å². The van der Waals surface area contributed by atoms with E-state index in [1.807, 2.05) is 98.8 Å². The number of hydrogen-bond donors (Lipinski definition) is 1. The molecule has 1 amide bonds. The van der Waals surface area contributed by atoms with Gasteiger partial charge in [-0.1, -0.05) is 60.7 Å². The van der Waals surface area contributed by atoms with Crippen molar-refractivity contribution in [2.75, 3.05) is 10.2 Å². The summed E-state index contributed by atoms with van der Waals surface area (Å²) in [5.74, 6) is 2.68. The van der Waals surface area contributed by atoms with E-state index in [1.54, 1.807) is 6.92 Å². The Balaban J connectivity index is 1.35. The van der Waals surface area contributed by atoms with Gasteiger partial charge in [0.15, 0.2) is 0 Å². The molecule has 2 heterocycles. The molecule has 3 aromatic carbocycles. The fourth-order valence-electron chi connectivity index (χ4n) is 4.25. The van der Waals surface area contributed by atoms with Crippen LogP contribution in [0.25, 0.3) is 0 Å². The van der Waals surface area contributed by atoms with E-state index in [0.717, 1.165) is 22.6 Å². The summed E-state index contributed by atoms with van der Waals surface area (Å²) in [4.78, 5) is 27.8. The van der Waals surface area contributed by atoms with Crippen LogP contribution in [-0.2, 0) is 4.74 Å². The molecule has 4 aromatic rings. The summed E-state index contributed by atoms with van der Waals surface area (Å²) >= 11 is 0. The van der Waals surface area contributed by atoms with Gasteiger partial charge in [0, 0.05) is 0 Å². The molecule has 5 rings (SSSR count). The lowest BCUT2D eigenvalue weighted by Crippen LogP contribution is -2.31. The van der Waals surface area contributed by atoms with Gasteiger partial charge in [-0.05, 0) is 56.2 Å². The second kappa shape index (κ2) is 10.0. The van der Waals surface area contributed by atoms with E-state index in [9.17, 15) is 4.79 Å². The van der Waals surface area contributed by atoms with Gasteiger partial charge < -0.3 is 14.8 Å². The molecule has 1 fully saturated rings. The Labute approximate surface area is 210 Å². The molecule has 3 atom stereocenters. The van der Waals surface area contributed by atoms with Crippen LogP contribution in [0, 0.1) is 6.92 Å². The predicted octanol–water partition coefficient (Wildman–Crippen LogP) is 6.23. The van der Waals surface area contributed by atoms with Gasteiger partial charge in [0.1, 0.15) is 29.5 Å². The zero-order valence-corrected chi connectivity index (χ0v) is 20.3. The number of amides is 1. The number of hydrogen-bond acceptors (Lipinski definition) is 7. The second-order valence-corrected chi connectivity index (χ2v) is 8.67. The molecule has 1 aromatic heterocycles. The molecule has 8 nitrogen and oxygen atoms in total. The lowest BCUT2D eigenvalue weighted by Gasteiger charge is -2.23. The first kappa shape index (κ1) is 23.3. The average Bonchev–Trinajstić information content (AvgIpc) is 3.18. The van der Waals surface area contributed by atoms with Gasteiger partial charge in [-0.2, -0.15) is 15.0 Å². The normalized spacial score (nSPS) is 18.0. The first-order valence-electron chi connectivity index (χ1n) is 11.8. The Bertz CT molecular complexity index is 1330. The number of cyclic esters (lactones) is 1. The van der Waals surface area contributed by atoms with Crippen molar-refractivity contribution < 1.29 is 14.3 Å². The highest BCUT2D eigenvalue weighted by Gasteiger charge is 2.43. The highest BCUT2D eigenvalue weighted by molar-refractivity contribution is 5.89. The van der Waals surface area contributed by atoms with Crippen LogP contribution in [0.4, 0.5) is 16.7 Å². The third-order valence-electron chi connectivity index (χ3n) is 6.00. The molecule has 36 heavy (non-hydrogen) atoms. The molecule has 8 heteroatoms. The summed E-state index contributed by atoms with van der Waals surface area (Å²) < 4.78 is 11.4. The van der Waals surface area contributed by atoms with Gasteiger partial charge in [0.05, 0.1) is 6.04 Å². The smallest absolute Gasteiger partial charge is 0.417 e. The van der Waals surface area contributed by atoms with Gasteiger partial charge in [0.25, 0.3) is 0 Å². The van der Waals surface area contributed by atoms with Crippen LogP contribution in [0.3, 0.4) is 0 Å². The highest BCUT2D eigenvalue weighted by Crippen LogP contribution is 2.36. The highest BCUT2D eigenvalue weighted by atomic mass is 16.6. The number of para-hydroxylation sites is 1. The van der Waals surface area contributed by atoms with Crippen molar-refractivity contribution >= 4 is 18.0 Å². The monoisotopic (exact) mass is 481 g/mol. The van der Waals surface area contributed by atoms with E-state index in [0.29, 0.717) is 11.8 Å². The third kappa shape index (κ3) is 4.98. The number of ether oxygens (including phenoxy) is 2.